The Morgan fingerprint density at radius 1 is 1.21 bits per heavy atom. The van der Waals surface area contributed by atoms with Gasteiger partial charge >= 0.3 is 0 Å². The Morgan fingerprint density at radius 2 is 1.97 bits per heavy atom. The Labute approximate surface area is 169 Å². The van der Waals surface area contributed by atoms with E-state index in [2.05, 4.69) is 38.2 Å². The number of rotatable bonds is 4. The summed E-state index contributed by atoms with van der Waals surface area (Å²) in [5.74, 6) is -0.315. The first-order valence-corrected chi connectivity index (χ1v) is 9.91. The monoisotopic (exact) mass is 394 g/mol. The maximum absolute atomic E-state index is 13.0. The van der Waals surface area contributed by atoms with Crippen LogP contribution in [0.5, 0.6) is 0 Å². The molecule has 1 saturated heterocycles. The molecule has 1 aromatic carbocycles. The number of nitrogens with one attached hydrogen (secondary N) is 2. The SMILES string of the molecule is CCN1CCN(c2cccc(NC(=O)c3cc(=O)[nH]c4c3c(C)nn4C)c2)CC1. The van der Waals surface area contributed by atoms with Crippen LogP contribution in [-0.4, -0.2) is 58.3 Å². The van der Waals surface area contributed by atoms with Gasteiger partial charge in [0, 0.05) is 50.7 Å². The number of aromatic nitrogens is 3. The van der Waals surface area contributed by atoms with E-state index in [4.69, 9.17) is 0 Å². The summed E-state index contributed by atoms with van der Waals surface area (Å²) in [5.41, 5.74) is 3.05. The number of carbonyl (C=O) groups excluding carboxylic acids is 1. The molecule has 8 nitrogen and oxygen atoms in total. The zero-order chi connectivity index (χ0) is 20.5. The third-order valence-corrected chi connectivity index (χ3v) is 5.54. The smallest absolute Gasteiger partial charge is 0.256 e. The minimum absolute atomic E-state index is 0.315. The lowest BCUT2D eigenvalue weighted by Gasteiger charge is -2.35. The van der Waals surface area contributed by atoms with E-state index in [0.29, 0.717) is 28.0 Å². The number of H-pyrrole nitrogens is 1. The molecule has 4 rings (SSSR count). The molecule has 29 heavy (non-hydrogen) atoms. The van der Waals surface area contributed by atoms with Gasteiger partial charge in [-0.25, -0.2) is 0 Å². The molecule has 1 aliphatic heterocycles. The summed E-state index contributed by atoms with van der Waals surface area (Å²) in [6.07, 6.45) is 0. The lowest BCUT2D eigenvalue weighted by Crippen LogP contribution is -2.46. The molecule has 0 saturated carbocycles. The number of likely N-dealkylation sites (N-methyl/N-ethyl adjacent to an activating group) is 1. The normalized spacial score (nSPS) is 15.1. The summed E-state index contributed by atoms with van der Waals surface area (Å²) in [7, 11) is 1.74. The number of nitrogens with zero attached hydrogens (tertiary/aromatic N) is 4. The van der Waals surface area contributed by atoms with Gasteiger partial charge < -0.3 is 20.1 Å². The second-order valence-electron chi connectivity index (χ2n) is 7.41. The second kappa shape index (κ2) is 7.71. The van der Waals surface area contributed by atoms with E-state index in [0.717, 1.165) is 38.4 Å². The van der Waals surface area contributed by atoms with Crippen molar-refractivity contribution in [3.8, 4) is 0 Å². The largest absolute Gasteiger partial charge is 0.369 e. The molecular weight excluding hydrogens is 368 g/mol. The van der Waals surface area contributed by atoms with Crippen LogP contribution in [0.3, 0.4) is 0 Å². The summed E-state index contributed by atoms with van der Waals surface area (Å²) in [6, 6.07) is 9.19. The Bertz CT molecular complexity index is 1110. The van der Waals surface area contributed by atoms with Gasteiger partial charge in [-0.05, 0) is 31.7 Å². The second-order valence-corrected chi connectivity index (χ2v) is 7.41. The molecule has 1 amide bonds. The molecular formula is C21H26N6O2. The molecule has 0 bridgehead atoms. The van der Waals surface area contributed by atoms with E-state index in [1.165, 1.54) is 6.07 Å². The number of aromatic amines is 1. The summed E-state index contributed by atoms with van der Waals surface area (Å²) in [6.45, 7) is 9.09. The molecule has 2 N–H and O–H groups in total. The molecule has 0 radical (unpaired) electrons. The lowest BCUT2D eigenvalue weighted by molar-refractivity contribution is 0.102. The highest BCUT2D eigenvalue weighted by molar-refractivity contribution is 6.12. The zero-order valence-corrected chi connectivity index (χ0v) is 17.0. The Hall–Kier alpha value is -3.13. The van der Waals surface area contributed by atoms with Gasteiger partial charge in [0.25, 0.3) is 5.91 Å². The van der Waals surface area contributed by atoms with Gasteiger partial charge in [-0.15, -0.1) is 0 Å². The third kappa shape index (κ3) is 3.75. The van der Waals surface area contributed by atoms with Crippen molar-refractivity contribution < 1.29 is 4.79 Å². The molecule has 0 atom stereocenters. The molecule has 1 aliphatic rings. The van der Waals surface area contributed by atoms with Crippen LogP contribution in [0.1, 0.15) is 23.0 Å². The number of anilines is 2. The summed E-state index contributed by atoms with van der Waals surface area (Å²) < 4.78 is 1.58. The average molecular weight is 394 g/mol. The van der Waals surface area contributed by atoms with E-state index in [-0.39, 0.29) is 11.5 Å². The summed E-state index contributed by atoms with van der Waals surface area (Å²) in [4.78, 5) is 32.5. The van der Waals surface area contributed by atoms with Gasteiger partial charge in [0.1, 0.15) is 5.65 Å². The van der Waals surface area contributed by atoms with Gasteiger partial charge in [0.2, 0.25) is 5.56 Å². The molecule has 152 valence electrons. The molecule has 0 aliphatic carbocycles. The fourth-order valence-corrected chi connectivity index (χ4v) is 3.96. The zero-order valence-electron chi connectivity index (χ0n) is 17.0. The van der Waals surface area contributed by atoms with Crippen molar-refractivity contribution >= 4 is 28.3 Å². The molecule has 1 fully saturated rings. The maximum Gasteiger partial charge on any atom is 0.256 e. The Morgan fingerprint density at radius 3 is 2.69 bits per heavy atom. The van der Waals surface area contributed by atoms with Crippen LogP contribution in [0.2, 0.25) is 0 Å². The first-order chi connectivity index (χ1) is 14.0. The highest BCUT2D eigenvalue weighted by atomic mass is 16.2. The Kier molecular flexibility index (Phi) is 5.10. The highest BCUT2D eigenvalue weighted by Gasteiger charge is 2.19. The van der Waals surface area contributed by atoms with Crippen LogP contribution in [0.15, 0.2) is 35.1 Å². The van der Waals surface area contributed by atoms with Gasteiger partial charge in [0.05, 0.1) is 16.6 Å². The molecule has 0 spiro atoms. The van der Waals surface area contributed by atoms with Gasteiger partial charge in [-0.2, -0.15) is 5.10 Å². The number of benzene rings is 1. The van der Waals surface area contributed by atoms with Crippen molar-refractivity contribution in [1.82, 2.24) is 19.7 Å². The molecule has 3 aromatic rings. The number of hydrogen-bond acceptors (Lipinski definition) is 5. The van der Waals surface area contributed by atoms with Crippen molar-refractivity contribution in [2.24, 2.45) is 7.05 Å². The maximum atomic E-state index is 13.0. The quantitative estimate of drug-likeness (QED) is 0.707. The summed E-state index contributed by atoms with van der Waals surface area (Å²) >= 11 is 0. The minimum atomic E-state index is -0.326. The van der Waals surface area contributed by atoms with E-state index >= 15 is 0 Å². The van der Waals surface area contributed by atoms with E-state index in [1.807, 2.05) is 25.1 Å². The van der Waals surface area contributed by atoms with Crippen LogP contribution in [0, 0.1) is 6.92 Å². The van der Waals surface area contributed by atoms with Gasteiger partial charge in [-0.1, -0.05) is 13.0 Å². The van der Waals surface area contributed by atoms with Crippen molar-refractivity contribution in [1.29, 1.82) is 0 Å². The number of hydrogen-bond donors (Lipinski definition) is 2. The van der Waals surface area contributed by atoms with Crippen LogP contribution in [0.25, 0.3) is 11.0 Å². The van der Waals surface area contributed by atoms with Crippen molar-refractivity contribution in [3.63, 3.8) is 0 Å². The lowest BCUT2D eigenvalue weighted by atomic mass is 10.1. The van der Waals surface area contributed by atoms with E-state index < -0.39 is 0 Å². The van der Waals surface area contributed by atoms with Crippen LogP contribution in [-0.2, 0) is 7.05 Å². The molecule has 8 heteroatoms. The average Bonchev–Trinajstić information content (AvgIpc) is 3.01. The molecule has 0 unspecified atom stereocenters. The predicted molar refractivity (Wildman–Crippen MR) is 115 cm³/mol. The fourth-order valence-electron chi connectivity index (χ4n) is 3.96. The molecule has 2 aromatic heterocycles. The van der Waals surface area contributed by atoms with Crippen LogP contribution in [0.4, 0.5) is 11.4 Å². The topological polar surface area (TPSA) is 86.3 Å². The fraction of sp³-hybridized carbons (Fsp3) is 0.381. The number of pyridine rings is 1. The van der Waals surface area contributed by atoms with Crippen molar-refractivity contribution in [2.75, 3.05) is 42.9 Å². The number of fused-ring (bicyclic) bond motifs is 1. The first-order valence-electron chi connectivity index (χ1n) is 9.91. The van der Waals surface area contributed by atoms with Gasteiger partial charge in [0.15, 0.2) is 0 Å². The van der Waals surface area contributed by atoms with Crippen LogP contribution >= 0.6 is 0 Å². The molecule has 3 heterocycles. The number of carbonyl (C=O) groups is 1. The number of amides is 1. The third-order valence-electron chi connectivity index (χ3n) is 5.54. The minimum Gasteiger partial charge on any atom is -0.369 e. The highest BCUT2D eigenvalue weighted by Crippen LogP contribution is 2.23. The predicted octanol–water partition coefficient (Wildman–Crippen LogP) is 1.96. The standard InChI is InChI=1S/C21H26N6O2/c1-4-26-8-10-27(11-9-26)16-7-5-6-15(12-16)22-21(29)17-13-18(28)23-20-19(17)14(2)24-25(20)3/h5-7,12-13H,4,8-11H2,1-3H3,(H,22,29)(H,23,28). The van der Waals surface area contributed by atoms with Crippen molar-refractivity contribution in [2.45, 2.75) is 13.8 Å². The summed E-state index contributed by atoms with van der Waals surface area (Å²) in [5, 5.41) is 7.94. The first kappa shape index (κ1) is 19.2. The Balaban J connectivity index is 1.58. The van der Waals surface area contributed by atoms with E-state index in [9.17, 15) is 9.59 Å². The number of aryl methyl sites for hydroxylation is 2. The van der Waals surface area contributed by atoms with Crippen molar-refractivity contribution in [3.05, 3.63) is 51.9 Å². The van der Waals surface area contributed by atoms with Crippen LogP contribution < -0.4 is 15.8 Å². The van der Waals surface area contributed by atoms with Gasteiger partial charge in [-0.3, -0.25) is 14.3 Å². The van der Waals surface area contributed by atoms with E-state index in [1.54, 1.807) is 11.7 Å². The number of piperazine rings is 1.